The highest BCUT2D eigenvalue weighted by atomic mass is 32.2. The summed E-state index contributed by atoms with van der Waals surface area (Å²) in [5, 5.41) is 0. The molecule has 0 saturated carbocycles. The Bertz CT molecular complexity index is 340. The van der Waals surface area contributed by atoms with Crippen molar-refractivity contribution in [1.82, 2.24) is 14.7 Å². The fourth-order valence-corrected chi connectivity index (χ4v) is 1.50. The molecule has 16 heavy (non-hydrogen) atoms. The molecule has 0 aliphatic carbocycles. The van der Waals surface area contributed by atoms with E-state index in [-0.39, 0.29) is 5.91 Å². The fourth-order valence-electron chi connectivity index (χ4n) is 1.34. The van der Waals surface area contributed by atoms with Crippen LogP contribution in [0.2, 0.25) is 0 Å². The van der Waals surface area contributed by atoms with Gasteiger partial charge in [0.05, 0.1) is 0 Å². The van der Waals surface area contributed by atoms with Crippen LogP contribution in [0.15, 0.2) is 0 Å². The van der Waals surface area contributed by atoms with Gasteiger partial charge in [-0.2, -0.15) is 0 Å². The molecular formula is C7H13N3O5S. The summed E-state index contributed by atoms with van der Waals surface area (Å²) in [5.41, 5.74) is 0. The summed E-state index contributed by atoms with van der Waals surface area (Å²) in [7, 11) is -2.96. The van der Waals surface area contributed by atoms with Crippen molar-refractivity contribution in [3.8, 4) is 0 Å². The highest BCUT2D eigenvalue weighted by Crippen LogP contribution is 2.03. The van der Waals surface area contributed by atoms with Gasteiger partial charge < -0.3 is 14.6 Å². The zero-order chi connectivity index (χ0) is 12.1. The molecule has 0 aromatic rings. The van der Waals surface area contributed by atoms with Gasteiger partial charge in [-0.1, -0.05) is 0 Å². The van der Waals surface area contributed by atoms with Gasteiger partial charge in [0, 0.05) is 33.1 Å². The highest BCUT2D eigenvalue weighted by Gasteiger charge is 2.23. The number of piperazine rings is 1. The number of nitrogens with one attached hydrogen (secondary N) is 1. The van der Waals surface area contributed by atoms with Gasteiger partial charge in [-0.05, 0) is 4.89 Å². The molecule has 0 unspecified atom stereocenters. The van der Waals surface area contributed by atoms with Crippen LogP contribution >= 0.6 is 0 Å². The van der Waals surface area contributed by atoms with Crippen molar-refractivity contribution in [1.29, 1.82) is 0 Å². The Morgan fingerprint density at radius 1 is 1.12 bits per heavy atom. The van der Waals surface area contributed by atoms with E-state index in [9.17, 15) is 18.0 Å². The molecule has 1 heterocycles. The number of carbonyl (C=O) groups excluding carboxylic acids is 2. The third kappa shape index (κ3) is 3.66. The van der Waals surface area contributed by atoms with Crippen LogP contribution in [0.25, 0.3) is 0 Å². The van der Waals surface area contributed by atoms with Gasteiger partial charge in [0.2, 0.25) is 16.8 Å². The average Bonchev–Trinajstić information content (AvgIpc) is 2.26. The first-order valence-electron chi connectivity index (χ1n) is 4.62. The van der Waals surface area contributed by atoms with Crippen molar-refractivity contribution in [2.24, 2.45) is 0 Å². The predicted octanol–water partition coefficient (Wildman–Crippen LogP) is -1.68. The van der Waals surface area contributed by atoms with Crippen LogP contribution in [-0.4, -0.2) is 56.4 Å². The van der Waals surface area contributed by atoms with E-state index in [1.165, 1.54) is 11.8 Å². The maximum atomic E-state index is 11.2. The molecule has 0 bridgehead atoms. The Labute approximate surface area is 94.2 Å². The number of amides is 2. The van der Waals surface area contributed by atoms with Gasteiger partial charge in [-0.25, -0.2) is 13.2 Å². The Morgan fingerprint density at radius 3 is 2.06 bits per heavy atom. The zero-order valence-electron chi connectivity index (χ0n) is 8.71. The van der Waals surface area contributed by atoms with E-state index in [2.05, 4.69) is 4.84 Å². The monoisotopic (exact) mass is 251 g/mol. The van der Waals surface area contributed by atoms with Crippen molar-refractivity contribution < 1.29 is 22.8 Å². The van der Waals surface area contributed by atoms with Crippen LogP contribution in [0.4, 0.5) is 4.79 Å². The topological polar surface area (TPSA) is 96.0 Å². The van der Waals surface area contributed by atoms with Crippen LogP contribution < -0.4 is 4.89 Å². The molecular weight excluding hydrogens is 238 g/mol. The summed E-state index contributed by atoms with van der Waals surface area (Å²) >= 11 is 0. The lowest BCUT2D eigenvalue weighted by Crippen LogP contribution is -2.50. The quantitative estimate of drug-likeness (QED) is 0.451. The summed E-state index contributed by atoms with van der Waals surface area (Å²) in [6, 6.07) is 0. The second-order valence-electron chi connectivity index (χ2n) is 3.21. The van der Waals surface area contributed by atoms with Crippen LogP contribution in [0.5, 0.6) is 0 Å². The number of nitrogens with zero attached hydrogens (tertiary/aromatic N) is 2. The molecule has 0 aromatic heterocycles. The van der Waals surface area contributed by atoms with E-state index >= 15 is 0 Å². The van der Waals surface area contributed by atoms with E-state index in [1.54, 1.807) is 9.79 Å². The third-order valence-electron chi connectivity index (χ3n) is 2.19. The van der Waals surface area contributed by atoms with E-state index in [0.29, 0.717) is 26.2 Å². The van der Waals surface area contributed by atoms with Gasteiger partial charge in [0.25, 0.3) is 0 Å². The second kappa shape index (κ2) is 5.66. The first-order valence-corrected chi connectivity index (χ1v) is 5.79. The molecule has 92 valence electrons. The largest absolute Gasteiger partial charge is 0.429 e. The molecule has 1 fully saturated rings. The minimum absolute atomic E-state index is 0.0474. The smallest absolute Gasteiger partial charge is 0.339 e. The molecule has 0 radical (unpaired) electrons. The highest BCUT2D eigenvalue weighted by molar-refractivity contribution is 7.70. The van der Waals surface area contributed by atoms with Crippen molar-refractivity contribution in [3.05, 3.63) is 0 Å². The first kappa shape index (κ1) is 12.7. The predicted molar refractivity (Wildman–Crippen MR) is 53.8 cm³/mol. The second-order valence-corrected chi connectivity index (χ2v) is 3.91. The lowest BCUT2D eigenvalue weighted by Gasteiger charge is -2.33. The maximum Gasteiger partial charge on any atom is 0.429 e. The van der Waals surface area contributed by atoms with Gasteiger partial charge in [0.1, 0.15) is 0 Å². The Balaban J connectivity index is 2.35. The lowest BCUT2D eigenvalue weighted by atomic mass is 10.3. The number of hydrogen-bond donors (Lipinski definition) is 2. The molecule has 2 amide bonds. The summed E-state index contributed by atoms with van der Waals surface area (Å²) in [6.07, 6.45) is -0.762. The van der Waals surface area contributed by atoms with E-state index < -0.39 is 17.0 Å². The number of hydrogen-bond acceptors (Lipinski definition) is 5. The van der Waals surface area contributed by atoms with Gasteiger partial charge in [-0.15, -0.1) is 0 Å². The minimum Gasteiger partial charge on any atom is -0.339 e. The Kier molecular flexibility index (Phi) is 4.50. The van der Waals surface area contributed by atoms with Gasteiger partial charge in [0.15, 0.2) is 0 Å². The van der Waals surface area contributed by atoms with Crippen LogP contribution in [-0.2, 0) is 20.5 Å². The van der Waals surface area contributed by atoms with Crippen molar-refractivity contribution in [2.75, 3.05) is 26.2 Å². The van der Waals surface area contributed by atoms with Crippen LogP contribution in [0.3, 0.4) is 0 Å². The van der Waals surface area contributed by atoms with Crippen molar-refractivity contribution in [3.63, 3.8) is 0 Å². The van der Waals surface area contributed by atoms with Crippen LogP contribution in [0.1, 0.15) is 6.92 Å². The molecule has 9 heteroatoms. The van der Waals surface area contributed by atoms with E-state index in [1.807, 2.05) is 0 Å². The average molecular weight is 251 g/mol. The summed E-state index contributed by atoms with van der Waals surface area (Å²) < 4.78 is 20.2. The normalized spacial score (nSPS) is 16.4. The maximum absolute atomic E-state index is 11.2. The first-order chi connectivity index (χ1) is 7.50. The van der Waals surface area contributed by atoms with Crippen molar-refractivity contribution in [2.45, 2.75) is 6.92 Å². The standard InChI is InChI=1S/C7H13N3O5S/c1-6(11)9-2-4-10(5-3-9)7(12)15-8-16(13)14/h16H,2-5H2,1H3,(H,8,13,14). The Hall–Kier alpha value is -1.35. The summed E-state index contributed by atoms with van der Waals surface area (Å²) in [6.45, 7) is 2.96. The molecule has 1 N–H and O–H groups in total. The van der Waals surface area contributed by atoms with Gasteiger partial charge in [-0.3, -0.25) is 4.79 Å². The molecule has 0 spiro atoms. The number of thiol groups is 1. The molecule has 1 aliphatic heterocycles. The summed E-state index contributed by atoms with van der Waals surface area (Å²) in [4.78, 5) is 31.0. The number of rotatable bonds is 2. The molecule has 8 nitrogen and oxygen atoms in total. The third-order valence-corrected chi connectivity index (χ3v) is 2.43. The molecule has 1 saturated heterocycles. The molecule has 1 aliphatic rings. The van der Waals surface area contributed by atoms with E-state index in [4.69, 9.17) is 0 Å². The minimum atomic E-state index is -2.96. The molecule has 0 atom stereocenters. The lowest BCUT2D eigenvalue weighted by molar-refractivity contribution is -0.130. The van der Waals surface area contributed by atoms with Crippen molar-refractivity contribution >= 4 is 22.9 Å². The fraction of sp³-hybridized carbons (Fsp3) is 0.714. The molecule has 0 aromatic carbocycles. The van der Waals surface area contributed by atoms with Crippen LogP contribution in [0, 0.1) is 0 Å². The number of carbonyl (C=O) groups is 2. The Morgan fingerprint density at radius 2 is 1.62 bits per heavy atom. The summed E-state index contributed by atoms with van der Waals surface area (Å²) in [5.74, 6) is -0.0474. The zero-order valence-corrected chi connectivity index (χ0v) is 9.61. The molecule has 1 rings (SSSR count). The SMILES string of the molecule is CC(=O)N1CCN(C(=O)ON[SH](=O)=O)CC1. The van der Waals surface area contributed by atoms with E-state index in [0.717, 1.165) is 0 Å². The van der Waals surface area contributed by atoms with Gasteiger partial charge >= 0.3 is 6.09 Å².